The molecule has 2 aromatic rings. The van der Waals surface area contributed by atoms with Crippen LogP contribution in [0.25, 0.3) is 11.1 Å². The molecular formula is C20H23NO2. The van der Waals surface area contributed by atoms with Crippen molar-refractivity contribution in [3.63, 3.8) is 0 Å². The van der Waals surface area contributed by atoms with Crippen molar-refractivity contribution in [2.24, 2.45) is 0 Å². The molecule has 1 saturated heterocycles. The number of ether oxygens (including phenoxy) is 1. The third kappa shape index (κ3) is 3.62. The maximum Gasteiger partial charge on any atom is 0.251 e. The quantitative estimate of drug-likeness (QED) is 0.927. The minimum atomic E-state index is -0.0237. The SMILES string of the molecule is CC(C)c1ccccc1-c1cccc(C(=O)N[C@H]2CCOC2)c1. The maximum absolute atomic E-state index is 12.4. The van der Waals surface area contributed by atoms with Gasteiger partial charge in [0.1, 0.15) is 0 Å². The van der Waals surface area contributed by atoms with Crippen LogP contribution in [0.3, 0.4) is 0 Å². The molecule has 0 spiro atoms. The van der Waals surface area contributed by atoms with Crippen LogP contribution in [-0.2, 0) is 4.74 Å². The standard InChI is InChI=1S/C20H23NO2/c1-14(2)18-8-3-4-9-19(18)15-6-5-7-16(12-15)20(22)21-17-10-11-23-13-17/h3-9,12,14,17H,10-11,13H2,1-2H3,(H,21,22)/t17-/m0/s1. The summed E-state index contributed by atoms with van der Waals surface area (Å²) in [6.45, 7) is 5.72. The first kappa shape index (κ1) is 15.8. The molecule has 1 fully saturated rings. The van der Waals surface area contributed by atoms with Gasteiger partial charge in [0, 0.05) is 12.2 Å². The summed E-state index contributed by atoms with van der Waals surface area (Å²) in [5.41, 5.74) is 4.29. The molecule has 1 aliphatic rings. The van der Waals surface area contributed by atoms with Crippen LogP contribution in [-0.4, -0.2) is 25.2 Å². The van der Waals surface area contributed by atoms with Crippen LogP contribution in [0.1, 0.15) is 42.1 Å². The molecule has 1 amide bonds. The average molecular weight is 309 g/mol. The second-order valence-electron chi connectivity index (χ2n) is 6.36. The number of hydrogen-bond acceptors (Lipinski definition) is 2. The van der Waals surface area contributed by atoms with Gasteiger partial charge in [-0.25, -0.2) is 0 Å². The second-order valence-corrected chi connectivity index (χ2v) is 6.36. The highest BCUT2D eigenvalue weighted by Gasteiger charge is 2.19. The molecule has 2 aromatic carbocycles. The van der Waals surface area contributed by atoms with E-state index < -0.39 is 0 Å². The number of amides is 1. The molecule has 0 bridgehead atoms. The summed E-state index contributed by atoms with van der Waals surface area (Å²) in [6, 6.07) is 16.4. The minimum Gasteiger partial charge on any atom is -0.379 e. The normalized spacial score (nSPS) is 17.4. The van der Waals surface area contributed by atoms with Gasteiger partial charge in [0.25, 0.3) is 5.91 Å². The Balaban J connectivity index is 1.86. The van der Waals surface area contributed by atoms with Crippen molar-refractivity contribution in [1.82, 2.24) is 5.32 Å². The maximum atomic E-state index is 12.4. The summed E-state index contributed by atoms with van der Waals surface area (Å²) in [6.07, 6.45) is 0.890. The predicted octanol–water partition coefficient (Wildman–Crippen LogP) is 4.00. The molecule has 3 rings (SSSR count). The van der Waals surface area contributed by atoms with Crippen molar-refractivity contribution in [3.8, 4) is 11.1 Å². The zero-order valence-corrected chi connectivity index (χ0v) is 13.7. The van der Waals surface area contributed by atoms with Crippen molar-refractivity contribution in [2.75, 3.05) is 13.2 Å². The zero-order valence-electron chi connectivity index (χ0n) is 13.7. The molecule has 0 aromatic heterocycles. The molecule has 0 saturated carbocycles. The molecule has 1 atom stereocenters. The Morgan fingerprint density at radius 1 is 1.17 bits per heavy atom. The van der Waals surface area contributed by atoms with E-state index in [-0.39, 0.29) is 11.9 Å². The van der Waals surface area contributed by atoms with Crippen LogP contribution in [0.4, 0.5) is 0 Å². The first-order valence-corrected chi connectivity index (χ1v) is 8.23. The van der Waals surface area contributed by atoms with Crippen molar-refractivity contribution in [3.05, 3.63) is 59.7 Å². The van der Waals surface area contributed by atoms with Crippen LogP contribution in [0.2, 0.25) is 0 Å². The van der Waals surface area contributed by atoms with Crippen LogP contribution in [0.15, 0.2) is 48.5 Å². The summed E-state index contributed by atoms with van der Waals surface area (Å²) >= 11 is 0. The minimum absolute atomic E-state index is 0.0237. The van der Waals surface area contributed by atoms with E-state index >= 15 is 0 Å². The fraction of sp³-hybridized carbons (Fsp3) is 0.350. The first-order valence-electron chi connectivity index (χ1n) is 8.23. The van der Waals surface area contributed by atoms with Crippen molar-refractivity contribution < 1.29 is 9.53 Å². The molecule has 23 heavy (non-hydrogen) atoms. The number of carbonyl (C=O) groups excluding carboxylic acids is 1. The van der Waals surface area contributed by atoms with Gasteiger partial charge >= 0.3 is 0 Å². The zero-order chi connectivity index (χ0) is 16.2. The van der Waals surface area contributed by atoms with E-state index in [1.807, 2.05) is 24.3 Å². The highest BCUT2D eigenvalue weighted by Crippen LogP contribution is 2.29. The third-order valence-corrected chi connectivity index (χ3v) is 4.28. The Morgan fingerprint density at radius 3 is 2.74 bits per heavy atom. The molecule has 3 heteroatoms. The van der Waals surface area contributed by atoms with Gasteiger partial charge in [-0.1, -0.05) is 50.2 Å². The monoisotopic (exact) mass is 309 g/mol. The van der Waals surface area contributed by atoms with Gasteiger partial charge in [-0.2, -0.15) is 0 Å². The van der Waals surface area contributed by atoms with Crippen molar-refractivity contribution in [1.29, 1.82) is 0 Å². The van der Waals surface area contributed by atoms with Crippen molar-refractivity contribution >= 4 is 5.91 Å². The van der Waals surface area contributed by atoms with Gasteiger partial charge in [-0.15, -0.1) is 0 Å². The van der Waals surface area contributed by atoms with E-state index in [1.54, 1.807) is 0 Å². The molecule has 0 unspecified atom stereocenters. The predicted molar refractivity (Wildman–Crippen MR) is 92.7 cm³/mol. The topological polar surface area (TPSA) is 38.3 Å². The number of hydrogen-bond donors (Lipinski definition) is 1. The lowest BCUT2D eigenvalue weighted by Gasteiger charge is -2.14. The van der Waals surface area contributed by atoms with Crippen LogP contribution < -0.4 is 5.32 Å². The van der Waals surface area contributed by atoms with Crippen LogP contribution in [0, 0.1) is 0 Å². The number of carbonyl (C=O) groups is 1. The van der Waals surface area contributed by atoms with E-state index in [9.17, 15) is 4.79 Å². The Kier molecular flexibility index (Phi) is 4.77. The molecule has 1 aliphatic heterocycles. The van der Waals surface area contributed by atoms with Gasteiger partial charge < -0.3 is 10.1 Å². The summed E-state index contributed by atoms with van der Waals surface area (Å²) in [5, 5.41) is 3.05. The lowest BCUT2D eigenvalue weighted by molar-refractivity contribution is 0.0930. The lowest BCUT2D eigenvalue weighted by Crippen LogP contribution is -2.34. The molecular weight excluding hydrogens is 286 g/mol. The highest BCUT2D eigenvalue weighted by molar-refractivity contribution is 5.95. The Morgan fingerprint density at radius 2 is 2.00 bits per heavy atom. The third-order valence-electron chi connectivity index (χ3n) is 4.28. The number of nitrogens with one attached hydrogen (secondary N) is 1. The molecule has 3 nitrogen and oxygen atoms in total. The number of benzene rings is 2. The second kappa shape index (κ2) is 6.97. The largest absolute Gasteiger partial charge is 0.379 e. The first-order chi connectivity index (χ1) is 11.1. The molecule has 0 aliphatic carbocycles. The van der Waals surface area contributed by atoms with Gasteiger partial charge in [0.05, 0.1) is 12.6 Å². The molecule has 0 radical (unpaired) electrons. The van der Waals surface area contributed by atoms with E-state index in [4.69, 9.17) is 4.74 Å². The van der Waals surface area contributed by atoms with E-state index in [0.717, 1.165) is 18.6 Å². The number of rotatable bonds is 4. The van der Waals surface area contributed by atoms with Crippen molar-refractivity contribution in [2.45, 2.75) is 32.2 Å². The fourth-order valence-corrected chi connectivity index (χ4v) is 3.01. The van der Waals surface area contributed by atoms with Gasteiger partial charge in [0.2, 0.25) is 0 Å². The molecule has 1 N–H and O–H groups in total. The fourth-order valence-electron chi connectivity index (χ4n) is 3.01. The van der Waals surface area contributed by atoms with E-state index in [2.05, 4.69) is 43.4 Å². The van der Waals surface area contributed by atoms with E-state index in [1.165, 1.54) is 11.1 Å². The van der Waals surface area contributed by atoms with E-state index in [0.29, 0.717) is 18.1 Å². The lowest BCUT2D eigenvalue weighted by atomic mass is 9.92. The molecule has 120 valence electrons. The summed E-state index contributed by atoms with van der Waals surface area (Å²) in [5.74, 6) is 0.420. The van der Waals surface area contributed by atoms with Gasteiger partial charge in [-0.05, 0) is 41.2 Å². The smallest absolute Gasteiger partial charge is 0.251 e. The van der Waals surface area contributed by atoms with Crippen LogP contribution >= 0.6 is 0 Å². The molecule has 1 heterocycles. The Labute approximate surface area is 137 Å². The Bertz CT molecular complexity index is 688. The summed E-state index contributed by atoms with van der Waals surface area (Å²) < 4.78 is 5.31. The average Bonchev–Trinajstić information content (AvgIpc) is 3.08. The van der Waals surface area contributed by atoms with Crippen LogP contribution in [0.5, 0.6) is 0 Å². The van der Waals surface area contributed by atoms with Gasteiger partial charge in [-0.3, -0.25) is 4.79 Å². The highest BCUT2D eigenvalue weighted by atomic mass is 16.5. The van der Waals surface area contributed by atoms with Gasteiger partial charge in [0.15, 0.2) is 0 Å². The summed E-state index contributed by atoms with van der Waals surface area (Å²) in [4.78, 5) is 12.4. The summed E-state index contributed by atoms with van der Waals surface area (Å²) in [7, 11) is 0. The Hall–Kier alpha value is -2.13.